The molecule has 9 heteroatoms. The Labute approximate surface area is 175 Å². The van der Waals surface area contributed by atoms with Crippen LogP contribution in [0, 0.1) is 5.92 Å². The maximum absolute atomic E-state index is 12.5. The lowest BCUT2D eigenvalue weighted by molar-refractivity contribution is -0.123. The van der Waals surface area contributed by atoms with Crippen LogP contribution in [0.25, 0.3) is 0 Å². The van der Waals surface area contributed by atoms with Crippen molar-refractivity contribution in [2.24, 2.45) is 15.9 Å². The van der Waals surface area contributed by atoms with Gasteiger partial charge in [-0.25, -0.2) is 4.99 Å². The van der Waals surface area contributed by atoms with E-state index in [0.29, 0.717) is 15.7 Å². The first-order chi connectivity index (χ1) is 13.3. The Bertz CT molecular complexity index is 804. The summed E-state index contributed by atoms with van der Waals surface area (Å²) in [7, 11) is 0. The molecule has 1 saturated heterocycles. The quantitative estimate of drug-likeness (QED) is 0.557. The Hall–Kier alpha value is -2.12. The zero-order valence-electron chi connectivity index (χ0n) is 16.4. The number of aliphatic imine (C=N–C) groups is 2. The van der Waals surface area contributed by atoms with Crippen LogP contribution in [0.5, 0.6) is 0 Å². The first-order valence-electron chi connectivity index (χ1n) is 9.25. The van der Waals surface area contributed by atoms with Crippen molar-refractivity contribution in [2.75, 3.05) is 11.4 Å². The number of hydrogen-bond donors (Lipinski definition) is 2. The number of carbonyl (C=O) groups is 2. The molecule has 2 amide bonds. The van der Waals surface area contributed by atoms with Gasteiger partial charge in [0.05, 0.1) is 15.7 Å². The summed E-state index contributed by atoms with van der Waals surface area (Å²) in [5, 5.41) is 6.15. The second-order valence-corrected chi connectivity index (χ2v) is 7.48. The summed E-state index contributed by atoms with van der Waals surface area (Å²) >= 11 is 12.4. The molecule has 0 aliphatic carbocycles. The van der Waals surface area contributed by atoms with Crippen LogP contribution in [0.4, 0.5) is 5.69 Å². The molecule has 0 bridgehead atoms. The minimum absolute atomic E-state index is 0.0361. The van der Waals surface area contributed by atoms with E-state index < -0.39 is 0 Å². The molecule has 0 atom stereocenters. The summed E-state index contributed by atoms with van der Waals surface area (Å²) in [6.07, 6.45) is 1.43. The van der Waals surface area contributed by atoms with Gasteiger partial charge in [-0.2, -0.15) is 4.99 Å². The number of amides is 2. The van der Waals surface area contributed by atoms with E-state index in [4.69, 9.17) is 23.2 Å². The van der Waals surface area contributed by atoms with Crippen LogP contribution >= 0.6 is 23.2 Å². The maximum Gasteiger partial charge on any atom is 0.246 e. The highest BCUT2D eigenvalue weighted by atomic mass is 35.5. The molecule has 152 valence electrons. The summed E-state index contributed by atoms with van der Waals surface area (Å²) in [4.78, 5) is 34.9. The van der Waals surface area contributed by atoms with Crippen molar-refractivity contribution in [1.29, 1.82) is 0 Å². The fourth-order valence-corrected chi connectivity index (χ4v) is 3.14. The number of benzene rings is 1. The number of hydrogen-bond acceptors (Lipinski definition) is 3. The minimum Gasteiger partial charge on any atom is -0.301 e. The number of rotatable bonds is 5. The minimum atomic E-state index is -0.245. The first kappa shape index (κ1) is 22.2. The van der Waals surface area contributed by atoms with E-state index in [2.05, 4.69) is 20.6 Å². The zero-order valence-corrected chi connectivity index (χ0v) is 17.9. The molecule has 28 heavy (non-hydrogen) atoms. The highest BCUT2D eigenvalue weighted by Gasteiger charge is 2.29. The predicted molar refractivity (Wildman–Crippen MR) is 114 cm³/mol. The van der Waals surface area contributed by atoms with E-state index in [9.17, 15) is 9.59 Å². The standard InChI is InChI=1S/C19H25Cl2N5O2/c1-5-12(6-2)17(28)24-18(22-11(3)4)25-19-23-15(27)10-26(19)14-9-7-8-13(20)16(14)21/h7-9,11-12H,5-6,10H2,1-4H3,(H2,22,23,24,25,27,28). The molecule has 2 N–H and O–H groups in total. The highest BCUT2D eigenvalue weighted by molar-refractivity contribution is 6.44. The van der Waals surface area contributed by atoms with Gasteiger partial charge in [0, 0.05) is 12.0 Å². The van der Waals surface area contributed by atoms with Crippen molar-refractivity contribution in [2.45, 2.75) is 46.6 Å². The molecule has 1 aliphatic rings. The molecule has 1 aromatic rings. The summed E-state index contributed by atoms with van der Waals surface area (Å²) in [6.45, 7) is 7.71. The largest absolute Gasteiger partial charge is 0.301 e. The Kier molecular flexibility index (Phi) is 7.83. The molecule has 1 fully saturated rings. The number of guanidine groups is 2. The molecular formula is C19H25Cl2N5O2. The summed E-state index contributed by atoms with van der Waals surface area (Å²) < 4.78 is 0. The van der Waals surface area contributed by atoms with Gasteiger partial charge in [0.2, 0.25) is 23.7 Å². The van der Waals surface area contributed by atoms with Gasteiger partial charge in [-0.3, -0.25) is 20.2 Å². The predicted octanol–water partition coefficient (Wildman–Crippen LogP) is 3.60. The van der Waals surface area contributed by atoms with Crippen LogP contribution in [-0.4, -0.2) is 36.3 Å². The van der Waals surface area contributed by atoms with E-state index in [-0.39, 0.29) is 42.2 Å². The first-order valence-corrected chi connectivity index (χ1v) is 10.0. The normalized spacial score (nSPS) is 16.3. The summed E-state index contributed by atoms with van der Waals surface area (Å²) in [6, 6.07) is 5.05. The Morgan fingerprint density at radius 2 is 1.96 bits per heavy atom. The highest BCUT2D eigenvalue weighted by Crippen LogP contribution is 2.33. The van der Waals surface area contributed by atoms with Gasteiger partial charge in [-0.1, -0.05) is 43.1 Å². The van der Waals surface area contributed by atoms with Gasteiger partial charge in [0.15, 0.2) is 0 Å². The third-order valence-corrected chi connectivity index (χ3v) is 5.02. The third kappa shape index (κ3) is 5.45. The lowest BCUT2D eigenvalue weighted by Crippen LogP contribution is -2.38. The van der Waals surface area contributed by atoms with Crippen molar-refractivity contribution < 1.29 is 9.59 Å². The third-order valence-electron chi connectivity index (χ3n) is 4.21. The van der Waals surface area contributed by atoms with E-state index in [1.807, 2.05) is 27.7 Å². The molecule has 0 saturated carbocycles. The van der Waals surface area contributed by atoms with E-state index in [1.54, 1.807) is 23.1 Å². The molecule has 0 unspecified atom stereocenters. The maximum atomic E-state index is 12.5. The van der Waals surface area contributed by atoms with Crippen LogP contribution in [-0.2, 0) is 9.59 Å². The van der Waals surface area contributed by atoms with Gasteiger partial charge in [0.1, 0.15) is 6.54 Å². The lowest BCUT2D eigenvalue weighted by Gasteiger charge is -2.19. The second-order valence-electron chi connectivity index (χ2n) is 6.69. The van der Waals surface area contributed by atoms with Crippen LogP contribution in [0.2, 0.25) is 10.0 Å². The van der Waals surface area contributed by atoms with Crippen molar-refractivity contribution >= 4 is 52.6 Å². The van der Waals surface area contributed by atoms with Gasteiger partial charge in [-0.15, -0.1) is 0 Å². The Morgan fingerprint density at radius 1 is 1.29 bits per heavy atom. The summed E-state index contributed by atoms with van der Waals surface area (Å²) in [5.41, 5.74) is 0.543. The number of carbonyl (C=O) groups excluding carboxylic acids is 2. The molecule has 1 aliphatic heterocycles. The second kappa shape index (κ2) is 9.89. The van der Waals surface area contributed by atoms with E-state index >= 15 is 0 Å². The van der Waals surface area contributed by atoms with E-state index in [1.165, 1.54) is 0 Å². The van der Waals surface area contributed by atoms with Crippen LogP contribution in [0.3, 0.4) is 0 Å². The van der Waals surface area contributed by atoms with Crippen molar-refractivity contribution in [3.8, 4) is 0 Å². The Morgan fingerprint density at radius 3 is 2.57 bits per heavy atom. The molecule has 0 aromatic heterocycles. The molecule has 0 spiro atoms. The van der Waals surface area contributed by atoms with Gasteiger partial charge in [0.25, 0.3) is 0 Å². The van der Waals surface area contributed by atoms with Crippen LogP contribution < -0.4 is 15.5 Å². The molecular weight excluding hydrogens is 401 g/mol. The monoisotopic (exact) mass is 425 g/mol. The van der Waals surface area contributed by atoms with Crippen molar-refractivity contribution in [3.63, 3.8) is 0 Å². The zero-order chi connectivity index (χ0) is 20.8. The molecule has 2 rings (SSSR count). The molecule has 7 nitrogen and oxygen atoms in total. The fourth-order valence-electron chi connectivity index (χ4n) is 2.74. The number of halogens is 2. The van der Waals surface area contributed by atoms with Crippen LogP contribution in [0.15, 0.2) is 28.2 Å². The number of nitrogens with zero attached hydrogens (tertiary/aromatic N) is 3. The smallest absolute Gasteiger partial charge is 0.246 e. The van der Waals surface area contributed by atoms with Crippen molar-refractivity contribution in [1.82, 2.24) is 10.6 Å². The van der Waals surface area contributed by atoms with E-state index in [0.717, 1.165) is 12.8 Å². The molecule has 0 radical (unpaired) electrons. The average Bonchev–Trinajstić information content (AvgIpc) is 2.97. The topological polar surface area (TPSA) is 86.2 Å². The van der Waals surface area contributed by atoms with Gasteiger partial charge in [-0.05, 0) is 38.8 Å². The summed E-state index contributed by atoms with van der Waals surface area (Å²) in [5.74, 6) is -0.143. The SMILES string of the molecule is CCC(CC)C(=O)NC(=NC(C)C)N=C1NC(=O)CN1c1cccc(Cl)c1Cl. The van der Waals surface area contributed by atoms with Crippen LogP contribution in [0.1, 0.15) is 40.5 Å². The molecule has 1 heterocycles. The fraction of sp³-hybridized carbons (Fsp3) is 0.474. The van der Waals surface area contributed by atoms with Gasteiger partial charge >= 0.3 is 0 Å². The lowest BCUT2D eigenvalue weighted by atomic mass is 10.0. The average molecular weight is 426 g/mol. The molecule has 1 aromatic carbocycles. The van der Waals surface area contributed by atoms with Gasteiger partial charge < -0.3 is 4.90 Å². The Balaban J connectivity index is 2.39. The van der Waals surface area contributed by atoms with Crippen molar-refractivity contribution in [3.05, 3.63) is 28.2 Å². The number of anilines is 1. The number of nitrogens with one attached hydrogen (secondary N) is 2.